The summed E-state index contributed by atoms with van der Waals surface area (Å²) in [5.74, 6) is 0. The van der Waals surface area contributed by atoms with Crippen LogP contribution in [0, 0.1) is 0 Å². The van der Waals surface area contributed by atoms with Crippen molar-refractivity contribution in [3.05, 3.63) is 34.4 Å². The minimum absolute atomic E-state index is 0.122. The van der Waals surface area contributed by atoms with E-state index in [2.05, 4.69) is 0 Å². The van der Waals surface area contributed by atoms with Crippen molar-refractivity contribution in [3.8, 4) is 0 Å². The molecule has 0 atom stereocenters. The Balaban J connectivity index is 5.58. The van der Waals surface area contributed by atoms with Gasteiger partial charge in [0.15, 0.2) is 6.29 Å². The van der Waals surface area contributed by atoms with Gasteiger partial charge in [-0.05, 0) is 18.9 Å². The van der Waals surface area contributed by atoms with E-state index in [1.54, 1.807) is 19.9 Å². The molecule has 0 radical (unpaired) electrons. The van der Waals surface area contributed by atoms with E-state index < -0.39 is 16.8 Å². The highest BCUT2D eigenvalue weighted by Crippen LogP contribution is 2.33. The minimum Gasteiger partial charge on any atom is -0.298 e. The van der Waals surface area contributed by atoms with Crippen molar-refractivity contribution >= 4 is 17.9 Å². The number of rotatable bonds is 4. The normalized spacial score (nSPS) is 15.2. The highest BCUT2D eigenvalue weighted by Gasteiger charge is 2.35. The van der Waals surface area contributed by atoms with Gasteiger partial charge in [0.1, 0.15) is 5.03 Å². The molecule has 0 saturated carbocycles. The largest absolute Gasteiger partial charge is 0.427 e. The summed E-state index contributed by atoms with van der Waals surface area (Å²) in [4.78, 5) is 10.7. The van der Waals surface area contributed by atoms with Crippen molar-refractivity contribution in [3.63, 3.8) is 0 Å². The van der Waals surface area contributed by atoms with Crippen molar-refractivity contribution < 1.29 is 18.0 Å². The van der Waals surface area contributed by atoms with Crippen LogP contribution < -0.4 is 0 Å². The Morgan fingerprint density at radius 1 is 1.38 bits per heavy atom. The quantitative estimate of drug-likeness (QED) is 0.417. The lowest BCUT2D eigenvalue weighted by atomic mass is 10.0. The number of alkyl halides is 3. The van der Waals surface area contributed by atoms with Crippen LogP contribution in [-0.4, -0.2) is 12.5 Å². The van der Waals surface area contributed by atoms with Gasteiger partial charge in [0.25, 0.3) is 0 Å². The van der Waals surface area contributed by atoms with Crippen LogP contribution in [0.2, 0.25) is 0 Å². The molecule has 5 heteroatoms. The molecule has 0 N–H and O–H groups in total. The van der Waals surface area contributed by atoms with Crippen LogP contribution in [0.15, 0.2) is 34.4 Å². The Morgan fingerprint density at radius 2 is 1.94 bits per heavy atom. The summed E-state index contributed by atoms with van der Waals surface area (Å²) in [6, 6.07) is 0. The van der Waals surface area contributed by atoms with Gasteiger partial charge in [-0.1, -0.05) is 36.8 Å². The van der Waals surface area contributed by atoms with Crippen LogP contribution in [0.25, 0.3) is 0 Å². The zero-order chi connectivity index (χ0) is 12.8. The zero-order valence-electron chi connectivity index (χ0n) is 8.94. The Morgan fingerprint density at radius 3 is 2.25 bits per heavy atom. The Hall–Kier alpha value is -1.03. The van der Waals surface area contributed by atoms with E-state index in [0.717, 1.165) is 0 Å². The zero-order valence-corrected chi connectivity index (χ0v) is 9.69. The maximum absolute atomic E-state index is 12.3. The van der Waals surface area contributed by atoms with Crippen molar-refractivity contribution in [2.45, 2.75) is 26.4 Å². The van der Waals surface area contributed by atoms with Crippen LogP contribution in [0.3, 0.4) is 0 Å². The number of halogens is 4. The lowest BCUT2D eigenvalue weighted by molar-refractivity contribution is -0.106. The SMILES string of the molecule is C\C=C/C(=C\CC)C(/C=O)=C(\Cl)C(F)(F)F. The van der Waals surface area contributed by atoms with Gasteiger partial charge in [-0.15, -0.1) is 0 Å². The van der Waals surface area contributed by atoms with Crippen LogP contribution in [0.4, 0.5) is 13.2 Å². The first kappa shape index (κ1) is 15.0. The van der Waals surface area contributed by atoms with Gasteiger partial charge in [0.05, 0.1) is 0 Å². The number of hydrogen-bond donors (Lipinski definition) is 0. The average Bonchev–Trinajstić information content (AvgIpc) is 2.18. The maximum atomic E-state index is 12.3. The molecule has 0 rings (SSSR count). The molecule has 1 nitrogen and oxygen atoms in total. The molecule has 0 aromatic heterocycles. The summed E-state index contributed by atoms with van der Waals surface area (Å²) in [6.45, 7) is 3.40. The number of carbonyl (C=O) groups excluding carboxylic acids is 1. The van der Waals surface area contributed by atoms with E-state index in [1.807, 2.05) is 0 Å². The van der Waals surface area contributed by atoms with Crippen molar-refractivity contribution in [1.82, 2.24) is 0 Å². The van der Waals surface area contributed by atoms with Crippen LogP contribution >= 0.6 is 11.6 Å². The Labute approximate surface area is 97.3 Å². The summed E-state index contributed by atoms with van der Waals surface area (Å²) in [5, 5.41) is -1.39. The predicted octanol–water partition coefficient (Wildman–Crippen LogP) is 4.15. The second-order valence-electron chi connectivity index (χ2n) is 2.91. The van der Waals surface area contributed by atoms with Crippen LogP contribution in [0.5, 0.6) is 0 Å². The maximum Gasteiger partial charge on any atom is 0.427 e. The third-order valence-corrected chi connectivity index (χ3v) is 2.10. The lowest BCUT2D eigenvalue weighted by Crippen LogP contribution is -2.11. The van der Waals surface area contributed by atoms with Gasteiger partial charge < -0.3 is 0 Å². The first-order valence-corrected chi connectivity index (χ1v) is 5.01. The Kier molecular flexibility index (Phi) is 6.11. The molecule has 0 aromatic rings. The molecule has 16 heavy (non-hydrogen) atoms. The van der Waals surface area contributed by atoms with Crippen molar-refractivity contribution in [1.29, 1.82) is 0 Å². The molecule has 0 amide bonds. The highest BCUT2D eigenvalue weighted by atomic mass is 35.5. The minimum atomic E-state index is -4.70. The highest BCUT2D eigenvalue weighted by molar-refractivity contribution is 6.32. The smallest absolute Gasteiger partial charge is 0.298 e. The molecule has 0 aliphatic carbocycles. The van der Waals surface area contributed by atoms with Crippen molar-refractivity contribution in [2.75, 3.05) is 0 Å². The average molecular weight is 253 g/mol. The Bertz CT molecular complexity index is 338. The molecule has 0 bridgehead atoms. The fraction of sp³-hybridized carbons (Fsp3) is 0.364. The molecule has 0 heterocycles. The van der Waals surface area contributed by atoms with E-state index >= 15 is 0 Å². The van der Waals surface area contributed by atoms with E-state index in [9.17, 15) is 18.0 Å². The molecule has 0 spiro atoms. The first-order valence-electron chi connectivity index (χ1n) is 4.63. The monoisotopic (exact) mass is 252 g/mol. The second-order valence-corrected chi connectivity index (χ2v) is 3.29. The molecule has 0 aromatic carbocycles. The van der Waals surface area contributed by atoms with E-state index in [-0.39, 0.29) is 11.9 Å². The number of allylic oxidation sites excluding steroid dienone is 6. The molecule has 0 unspecified atom stereocenters. The molecule has 0 saturated heterocycles. The van der Waals surface area contributed by atoms with Gasteiger partial charge in [0, 0.05) is 5.57 Å². The van der Waals surface area contributed by atoms with E-state index in [4.69, 9.17) is 11.6 Å². The summed E-state index contributed by atoms with van der Waals surface area (Å²) < 4.78 is 37.0. The number of carbonyl (C=O) groups is 1. The topological polar surface area (TPSA) is 17.1 Å². The van der Waals surface area contributed by atoms with Gasteiger partial charge in [-0.2, -0.15) is 13.2 Å². The van der Waals surface area contributed by atoms with E-state index in [1.165, 1.54) is 12.2 Å². The van der Waals surface area contributed by atoms with Gasteiger partial charge in [-0.25, -0.2) is 0 Å². The van der Waals surface area contributed by atoms with Crippen LogP contribution in [0.1, 0.15) is 20.3 Å². The molecule has 0 aliphatic heterocycles. The molecular formula is C11H12ClF3O. The molecule has 0 aliphatic rings. The fourth-order valence-electron chi connectivity index (χ4n) is 1.07. The number of aldehydes is 1. The summed E-state index contributed by atoms with van der Waals surface area (Å²) >= 11 is 5.14. The molecule has 0 fully saturated rings. The second kappa shape index (κ2) is 6.53. The molecule has 90 valence electrons. The summed E-state index contributed by atoms with van der Waals surface area (Å²) in [7, 11) is 0. The van der Waals surface area contributed by atoms with E-state index in [0.29, 0.717) is 6.42 Å². The van der Waals surface area contributed by atoms with Gasteiger partial charge in [-0.3, -0.25) is 4.79 Å². The third-order valence-electron chi connectivity index (χ3n) is 1.68. The van der Waals surface area contributed by atoms with Gasteiger partial charge >= 0.3 is 6.18 Å². The third kappa shape index (κ3) is 4.23. The predicted molar refractivity (Wildman–Crippen MR) is 58.2 cm³/mol. The van der Waals surface area contributed by atoms with Crippen LogP contribution in [-0.2, 0) is 4.79 Å². The molecular weight excluding hydrogens is 241 g/mol. The number of hydrogen-bond acceptors (Lipinski definition) is 1. The van der Waals surface area contributed by atoms with Gasteiger partial charge in [0.2, 0.25) is 0 Å². The first-order chi connectivity index (χ1) is 7.38. The summed E-state index contributed by atoms with van der Waals surface area (Å²) in [6.07, 6.45) is 0.410. The summed E-state index contributed by atoms with van der Waals surface area (Å²) in [5.41, 5.74) is -0.351. The standard InChI is InChI=1S/C11H12ClF3O/c1-3-5-8(6-4-2)9(7-16)10(12)11(13,14)15/h3,5-7H,4H2,1-2H3/b5-3-,8-6+,10-9-. The van der Waals surface area contributed by atoms with Crippen molar-refractivity contribution in [2.24, 2.45) is 0 Å². The fourth-order valence-corrected chi connectivity index (χ4v) is 1.22. The lowest BCUT2D eigenvalue weighted by Gasteiger charge is -2.09.